The number of rotatable bonds is 3. The summed E-state index contributed by atoms with van der Waals surface area (Å²) in [5.41, 5.74) is 12.8. The van der Waals surface area contributed by atoms with Gasteiger partial charge in [-0.25, -0.2) is 4.99 Å². The van der Waals surface area contributed by atoms with E-state index < -0.39 is 0 Å². The lowest BCUT2D eigenvalue weighted by Gasteiger charge is -2.05. The quantitative estimate of drug-likeness (QED) is 0.657. The second-order valence-corrected chi connectivity index (χ2v) is 4.21. The maximum atomic E-state index is 5.94. The summed E-state index contributed by atoms with van der Waals surface area (Å²) in [5.74, 6) is 0.528. The molecule has 0 fully saturated rings. The fourth-order valence-electron chi connectivity index (χ4n) is 1.90. The number of amidine groups is 2. The molecule has 0 aliphatic rings. The van der Waals surface area contributed by atoms with Crippen LogP contribution in [-0.2, 0) is 0 Å². The Labute approximate surface area is 117 Å². The molecule has 0 bridgehead atoms. The van der Waals surface area contributed by atoms with Crippen molar-refractivity contribution in [2.45, 2.75) is 0 Å². The Kier molecular flexibility index (Phi) is 4.10. The van der Waals surface area contributed by atoms with Crippen molar-refractivity contribution in [2.24, 2.45) is 26.4 Å². The lowest BCUT2D eigenvalue weighted by atomic mass is 10.1. The van der Waals surface area contributed by atoms with Gasteiger partial charge in [-0.1, -0.05) is 30.3 Å². The largest absolute Gasteiger partial charge is 0.382 e. The molecule has 5 nitrogen and oxygen atoms in total. The topological polar surface area (TPSA) is 89.1 Å². The van der Waals surface area contributed by atoms with Gasteiger partial charge >= 0.3 is 0 Å². The molecule has 102 valence electrons. The summed E-state index contributed by atoms with van der Waals surface area (Å²) in [6.45, 7) is 0. The van der Waals surface area contributed by atoms with Crippen LogP contribution in [0, 0.1) is 0 Å². The molecule has 0 saturated heterocycles. The van der Waals surface area contributed by atoms with Crippen LogP contribution in [0.3, 0.4) is 0 Å². The van der Waals surface area contributed by atoms with Crippen molar-refractivity contribution in [1.82, 2.24) is 0 Å². The summed E-state index contributed by atoms with van der Waals surface area (Å²) in [6, 6.07) is 13.9. The molecule has 0 heterocycles. The molecule has 2 rings (SSSR count). The van der Waals surface area contributed by atoms with Crippen molar-refractivity contribution in [3.8, 4) is 0 Å². The van der Waals surface area contributed by atoms with Crippen LogP contribution >= 0.6 is 0 Å². The Balaban J connectivity index is 2.41. The second-order valence-electron chi connectivity index (χ2n) is 4.21. The average Bonchev–Trinajstić information content (AvgIpc) is 2.47. The molecule has 2 aromatic rings. The standard InChI is InChI=1S/C15H17N5/c1-18-13(14(16)19-2)15(17)20-12-8-7-10-5-3-4-6-11(10)9-12/h3-9H,1-2H3,(H2,16,19)(H2,17,20). The van der Waals surface area contributed by atoms with E-state index in [0.29, 0.717) is 5.71 Å². The summed E-state index contributed by atoms with van der Waals surface area (Å²) in [6.07, 6.45) is 0. The molecular formula is C15H17N5. The Bertz CT molecular complexity index is 713. The molecule has 5 heteroatoms. The molecule has 0 atom stereocenters. The smallest absolute Gasteiger partial charge is 0.153 e. The summed E-state index contributed by atoms with van der Waals surface area (Å²) in [4.78, 5) is 12.2. The van der Waals surface area contributed by atoms with Crippen LogP contribution in [0.2, 0.25) is 0 Å². The van der Waals surface area contributed by atoms with E-state index >= 15 is 0 Å². The molecule has 0 aliphatic carbocycles. The third-order valence-electron chi connectivity index (χ3n) is 2.93. The number of aliphatic imine (C=N–C) groups is 3. The van der Waals surface area contributed by atoms with E-state index in [-0.39, 0.29) is 11.7 Å². The number of nitrogens with two attached hydrogens (primary N) is 2. The van der Waals surface area contributed by atoms with E-state index in [1.807, 2.05) is 42.5 Å². The van der Waals surface area contributed by atoms with Crippen LogP contribution < -0.4 is 11.5 Å². The highest BCUT2D eigenvalue weighted by molar-refractivity contribution is 6.67. The first-order valence-electron chi connectivity index (χ1n) is 6.18. The zero-order valence-corrected chi connectivity index (χ0v) is 11.5. The fraction of sp³-hybridized carbons (Fsp3) is 0.133. The molecule has 0 saturated carbocycles. The van der Waals surface area contributed by atoms with Gasteiger partial charge in [0.2, 0.25) is 0 Å². The van der Waals surface area contributed by atoms with Crippen molar-refractivity contribution in [1.29, 1.82) is 0 Å². The molecular weight excluding hydrogens is 250 g/mol. The van der Waals surface area contributed by atoms with Crippen LogP contribution in [-0.4, -0.2) is 31.5 Å². The van der Waals surface area contributed by atoms with E-state index in [9.17, 15) is 0 Å². The molecule has 0 aliphatic heterocycles. The van der Waals surface area contributed by atoms with Gasteiger partial charge in [-0.2, -0.15) is 0 Å². The van der Waals surface area contributed by atoms with Gasteiger partial charge in [0.1, 0.15) is 11.5 Å². The van der Waals surface area contributed by atoms with Crippen LogP contribution in [0.1, 0.15) is 0 Å². The number of benzene rings is 2. The van der Waals surface area contributed by atoms with Crippen molar-refractivity contribution in [3.05, 3.63) is 42.5 Å². The van der Waals surface area contributed by atoms with Crippen molar-refractivity contribution < 1.29 is 0 Å². The van der Waals surface area contributed by atoms with E-state index in [2.05, 4.69) is 15.0 Å². The van der Waals surface area contributed by atoms with E-state index in [1.165, 1.54) is 0 Å². The highest BCUT2D eigenvalue weighted by Crippen LogP contribution is 2.20. The van der Waals surface area contributed by atoms with Crippen molar-refractivity contribution in [3.63, 3.8) is 0 Å². The highest BCUT2D eigenvalue weighted by atomic mass is 14.9. The SMILES string of the molecule is CN=C(N)C(=NC)C(N)=Nc1ccc2ccccc2c1. The predicted molar refractivity (Wildman–Crippen MR) is 86.1 cm³/mol. The number of nitrogens with zero attached hydrogens (tertiary/aromatic N) is 3. The lowest BCUT2D eigenvalue weighted by Crippen LogP contribution is -2.35. The minimum Gasteiger partial charge on any atom is -0.382 e. The van der Waals surface area contributed by atoms with Crippen LogP contribution in [0.15, 0.2) is 57.4 Å². The molecule has 0 amide bonds. The normalized spacial score (nSPS) is 13.8. The minimum atomic E-state index is 0.255. The van der Waals surface area contributed by atoms with Crippen molar-refractivity contribution in [2.75, 3.05) is 14.1 Å². The van der Waals surface area contributed by atoms with Crippen LogP contribution in [0.4, 0.5) is 5.69 Å². The first-order valence-corrected chi connectivity index (χ1v) is 6.18. The highest BCUT2D eigenvalue weighted by Gasteiger charge is 2.08. The molecule has 20 heavy (non-hydrogen) atoms. The number of hydrogen-bond donors (Lipinski definition) is 2. The first-order chi connectivity index (χ1) is 9.65. The summed E-state index contributed by atoms with van der Waals surface area (Å²) >= 11 is 0. The third-order valence-corrected chi connectivity index (χ3v) is 2.93. The minimum absolute atomic E-state index is 0.255. The molecule has 2 aromatic carbocycles. The van der Waals surface area contributed by atoms with Gasteiger partial charge in [0.25, 0.3) is 0 Å². The number of fused-ring (bicyclic) bond motifs is 1. The predicted octanol–water partition coefficient (Wildman–Crippen LogP) is 1.89. The number of hydrogen-bond acceptors (Lipinski definition) is 3. The molecule has 0 spiro atoms. The Morgan fingerprint density at radius 2 is 1.55 bits per heavy atom. The first kappa shape index (κ1) is 13.7. The van der Waals surface area contributed by atoms with Gasteiger partial charge in [0.15, 0.2) is 5.84 Å². The fourth-order valence-corrected chi connectivity index (χ4v) is 1.90. The van der Waals surface area contributed by atoms with Gasteiger partial charge in [-0.05, 0) is 22.9 Å². The lowest BCUT2D eigenvalue weighted by molar-refractivity contribution is 1.39. The average molecular weight is 267 g/mol. The Hall–Kier alpha value is -2.69. The van der Waals surface area contributed by atoms with Gasteiger partial charge in [0, 0.05) is 14.1 Å². The van der Waals surface area contributed by atoms with E-state index in [4.69, 9.17) is 11.5 Å². The van der Waals surface area contributed by atoms with E-state index in [1.54, 1.807) is 14.1 Å². The van der Waals surface area contributed by atoms with Gasteiger partial charge in [0.05, 0.1) is 5.69 Å². The Morgan fingerprint density at radius 3 is 2.20 bits per heavy atom. The monoisotopic (exact) mass is 267 g/mol. The third kappa shape index (κ3) is 2.83. The maximum Gasteiger partial charge on any atom is 0.153 e. The van der Waals surface area contributed by atoms with Gasteiger partial charge in [-0.3, -0.25) is 9.98 Å². The van der Waals surface area contributed by atoms with Crippen LogP contribution in [0.5, 0.6) is 0 Å². The maximum absolute atomic E-state index is 5.94. The molecule has 0 aromatic heterocycles. The zero-order chi connectivity index (χ0) is 14.5. The van der Waals surface area contributed by atoms with Crippen molar-refractivity contribution >= 4 is 33.8 Å². The van der Waals surface area contributed by atoms with E-state index in [0.717, 1.165) is 16.5 Å². The summed E-state index contributed by atoms with van der Waals surface area (Å²) in [5, 5.41) is 2.26. The van der Waals surface area contributed by atoms with Crippen LogP contribution in [0.25, 0.3) is 10.8 Å². The molecule has 0 unspecified atom stereocenters. The molecule has 4 N–H and O–H groups in total. The van der Waals surface area contributed by atoms with Gasteiger partial charge < -0.3 is 11.5 Å². The van der Waals surface area contributed by atoms with Gasteiger partial charge in [-0.15, -0.1) is 0 Å². The summed E-state index contributed by atoms with van der Waals surface area (Å²) < 4.78 is 0. The molecule has 0 radical (unpaired) electrons. The summed E-state index contributed by atoms with van der Waals surface area (Å²) in [7, 11) is 3.19. The second kappa shape index (κ2) is 5.97. The Morgan fingerprint density at radius 1 is 0.850 bits per heavy atom. The zero-order valence-electron chi connectivity index (χ0n) is 11.5.